The van der Waals surface area contributed by atoms with Crippen molar-refractivity contribution in [1.82, 2.24) is 19.8 Å². The van der Waals surface area contributed by atoms with Crippen LogP contribution in [0.2, 0.25) is 0 Å². The first-order valence-corrected chi connectivity index (χ1v) is 9.71. The number of hydrogen-bond acceptors (Lipinski definition) is 4. The van der Waals surface area contributed by atoms with Crippen molar-refractivity contribution >= 4 is 17.2 Å². The quantitative estimate of drug-likeness (QED) is 0.650. The number of benzene rings is 1. The van der Waals surface area contributed by atoms with Gasteiger partial charge in [-0.2, -0.15) is 5.10 Å². The summed E-state index contributed by atoms with van der Waals surface area (Å²) in [6.07, 6.45) is 3.38. The molecule has 2 aromatic heterocycles. The highest BCUT2D eigenvalue weighted by Crippen LogP contribution is 2.29. The highest BCUT2D eigenvalue weighted by atomic mass is 19.2. The van der Waals surface area contributed by atoms with Gasteiger partial charge in [0.25, 0.3) is 0 Å². The Hall–Kier alpha value is -3.04. The van der Waals surface area contributed by atoms with E-state index in [1.807, 2.05) is 18.2 Å². The predicted molar refractivity (Wildman–Crippen MR) is 109 cm³/mol. The van der Waals surface area contributed by atoms with Gasteiger partial charge >= 0.3 is 6.03 Å². The highest BCUT2D eigenvalue weighted by Gasteiger charge is 2.35. The maximum atomic E-state index is 13.8. The van der Waals surface area contributed by atoms with E-state index in [1.54, 1.807) is 30.1 Å². The average molecular weight is 415 g/mol. The summed E-state index contributed by atoms with van der Waals surface area (Å²) in [4.78, 5) is 14.8. The number of amides is 2. The fourth-order valence-corrected chi connectivity index (χ4v) is 3.87. The van der Waals surface area contributed by atoms with Gasteiger partial charge in [-0.1, -0.05) is 12.1 Å². The van der Waals surface area contributed by atoms with Gasteiger partial charge < -0.3 is 15.4 Å². The van der Waals surface area contributed by atoms with Crippen molar-refractivity contribution in [2.24, 2.45) is 0 Å². The van der Waals surface area contributed by atoms with Gasteiger partial charge in [-0.3, -0.25) is 4.90 Å². The zero-order valence-corrected chi connectivity index (χ0v) is 16.5. The average Bonchev–Trinajstić information content (AvgIpc) is 3.33. The standard InChI is InChI=1S/C21H23F2N5O2/c1-30-9-8-27-12-15(14-5-6-16(22)17(23)10-14)19(13-27)26-21(29)25-18-11-24-28-7-3-2-4-20(18)28/h2-7,10-11,15,19H,8-9,12-13H2,1H3,(H2,25,26,29). The van der Waals surface area contributed by atoms with Crippen molar-refractivity contribution in [3.8, 4) is 0 Å². The monoisotopic (exact) mass is 415 g/mol. The minimum atomic E-state index is -0.891. The molecule has 2 unspecified atom stereocenters. The lowest BCUT2D eigenvalue weighted by Gasteiger charge is -2.20. The molecule has 1 fully saturated rings. The van der Waals surface area contributed by atoms with E-state index in [9.17, 15) is 13.6 Å². The Labute approximate surface area is 172 Å². The van der Waals surface area contributed by atoms with Crippen LogP contribution in [0.5, 0.6) is 0 Å². The number of hydrogen-bond donors (Lipinski definition) is 2. The number of methoxy groups -OCH3 is 1. The number of aromatic nitrogens is 2. The van der Waals surface area contributed by atoms with Crippen molar-refractivity contribution in [2.75, 3.05) is 38.7 Å². The van der Waals surface area contributed by atoms with Crippen molar-refractivity contribution in [3.05, 3.63) is 66.0 Å². The number of likely N-dealkylation sites (tertiary alicyclic amines) is 1. The molecule has 30 heavy (non-hydrogen) atoms. The van der Waals surface area contributed by atoms with E-state index in [-0.39, 0.29) is 18.0 Å². The molecule has 1 aliphatic heterocycles. The van der Waals surface area contributed by atoms with E-state index in [4.69, 9.17) is 4.74 Å². The number of nitrogens with zero attached hydrogens (tertiary/aromatic N) is 3. The molecule has 0 saturated carbocycles. The van der Waals surface area contributed by atoms with E-state index in [1.165, 1.54) is 6.07 Å². The maximum absolute atomic E-state index is 13.8. The molecule has 4 rings (SSSR count). The van der Waals surface area contributed by atoms with Gasteiger partial charge in [0.05, 0.1) is 30.0 Å². The van der Waals surface area contributed by atoms with Crippen LogP contribution in [0.4, 0.5) is 19.3 Å². The van der Waals surface area contributed by atoms with E-state index in [0.717, 1.165) is 11.6 Å². The number of ether oxygens (including phenoxy) is 1. The van der Waals surface area contributed by atoms with E-state index < -0.39 is 11.6 Å². The zero-order valence-electron chi connectivity index (χ0n) is 16.5. The minimum Gasteiger partial charge on any atom is -0.383 e. The molecule has 2 N–H and O–H groups in total. The number of urea groups is 1. The lowest BCUT2D eigenvalue weighted by atomic mass is 9.94. The normalized spacial score (nSPS) is 19.3. The van der Waals surface area contributed by atoms with Gasteiger partial charge in [-0.15, -0.1) is 0 Å². The first-order chi connectivity index (χ1) is 14.5. The Morgan fingerprint density at radius 3 is 2.90 bits per heavy atom. The molecule has 0 bridgehead atoms. The van der Waals surface area contributed by atoms with Crippen LogP contribution in [0.25, 0.3) is 5.52 Å². The third-order valence-corrected chi connectivity index (χ3v) is 5.37. The molecule has 1 aromatic carbocycles. The highest BCUT2D eigenvalue weighted by molar-refractivity contribution is 5.94. The van der Waals surface area contributed by atoms with Crippen LogP contribution in [0.1, 0.15) is 11.5 Å². The molecule has 3 aromatic rings. The van der Waals surface area contributed by atoms with Gasteiger partial charge in [0.1, 0.15) is 0 Å². The minimum absolute atomic E-state index is 0.174. The van der Waals surface area contributed by atoms with E-state index in [0.29, 0.717) is 37.5 Å². The van der Waals surface area contributed by atoms with Crippen LogP contribution in [0.15, 0.2) is 48.8 Å². The largest absolute Gasteiger partial charge is 0.383 e. The van der Waals surface area contributed by atoms with Gasteiger partial charge in [0, 0.05) is 38.9 Å². The van der Waals surface area contributed by atoms with Crippen molar-refractivity contribution in [3.63, 3.8) is 0 Å². The van der Waals surface area contributed by atoms with Crippen molar-refractivity contribution < 1.29 is 18.3 Å². The molecule has 158 valence electrons. The molecule has 2 atom stereocenters. The Balaban J connectivity index is 1.50. The second-order valence-electron chi connectivity index (χ2n) is 7.33. The number of halogens is 2. The summed E-state index contributed by atoms with van der Waals surface area (Å²) in [6, 6.07) is 8.83. The molecule has 1 aliphatic rings. The lowest BCUT2D eigenvalue weighted by Crippen LogP contribution is -2.42. The van der Waals surface area contributed by atoms with Crippen LogP contribution in [0.3, 0.4) is 0 Å². The molecule has 7 nitrogen and oxygen atoms in total. The number of rotatable bonds is 6. The third kappa shape index (κ3) is 4.27. The number of pyridine rings is 1. The predicted octanol–water partition coefficient (Wildman–Crippen LogP) is 2.85. The van der Waals surface area contributed by atoms with Gasteiger partial charge in [0.15, 0.2) is 11.6 Å². The molecule has 1 saturated heterocycles. The van der Waals surface area contributed by atoms with E-state index >= 15 is 0 Å². The van der Waals surface area contributed by atoms with Crippen LogP contribution >= 0.6 is 0 Å². The van der Waals surface area contributed by atoms with Gasteiger partial charge in [0.2, 0.25) is 0 Å². The van der Waals surface area contributed by atoms with Crippen LogP contribution in [-0.2, 0) is 4.74 Å². The summed E-state index contributed by atoms with van der Waals surface area (Å²) < 4.78 is 34.0. The molecule has 0 aliphatic carbocycles. The molecule has 0 radical (unpaired) electrons. The topological polar surface area (TPSA) is 70.9 Å². The number of nitrogens with one attached hydrogen (secondary N) is 2. The summed E-state index contributed by atoms with van der Waals surface area (Å²) >= 11 is 0. The number of carbonyl (C=O) groups is 1. The number of carbonyl (C=O) groups excluding carboxylic acids is 1. The van der Waals surface area contributed by atoms with E-state index in [2.05, 4.69) is 20.6 Å². The number of fused-ring (bicyclic) bond motifs is 1. The fourth-order valence-electron chi connectivity index (χ4n) is 3.87. The van der Waals surface area contributed by atoms with Crippen LogP contribution in [0, 0.1) is 11.6 Å². The Morgan fingerprint density at radius 2 is 2.10 bits per heavy atom. The SMILES string of the molecule is COCCN1CC(NC(=O)Nc2cnn3ccccc23)C(c2ccc(F)c(F)c2)C1. The second kappa shape index (κ2) is 8.76. The third-order valence-electron chi connectivity index (χ3n) is 5.37. The molecular weight excluding hydrogens is 392 g/mol. The van der Waals surface area contributed by atoms with Crippen molar-refractivity contribution in [1.29, 1.82) is 0 Å². The molecular formula is C21H23F2N5O2. The summed E-state index contributed by atoms with van der Waals surface area (Å²) in [5, 5.41) is 10.0. The Kier molecular flexibility index (Phi) is 5.91. The van der Waals surface area contributed by atoms with Crippen LogP contribution < -0.4 is 10.6 Å². The maximum Gasteiger partial charge on any atom is 0.319 e. The van der Waals surface area contributed by atoms with Gasteiger partial charge in [-0.25, -0.2) is 18.1 Å². The Morgan fingerprint density at radius 1 is 1.23 bits per heavy atom. The lowest BCUT2D eigenvalue weighted by molar-refractivity contribution is 0.159. The summed E-state index contributed by atoms with van der Waals surface area (Å²) in [6.45, 7) is 2.42. The molecule has 2 amide bonds. The fraction of sp³-hybridized carbons (Fsp3) is 0.333. The molecule has 9 heteroatoms. The van der Waals surface area contributed by atoms with Gasteiger partial charge in [-0.05, 0) is 29.8 Å². The molecule has 3 heterocycles. The molecule has 0 spiro atoms. The number of anilines is 1. The first kappa shape index (κ1) is 20.2. The smallest absolute Gasteiger partial charge is 0.319 e. The zero-order chi connectivity index (χ0) is 21.1. The van der Waals surface area contributed by atoms with Crippen molar-refractivity contribution in [2.45, 2.75) is 12.0 Å². The first-order valence-electron chi connectivity index (χ1n) is 9.71. The van der Waals surface area contributed by atoms with Crippen LogP contribution in [-0.4, -0.2) is 59.9 Å². The second-order valence-corrected chi connectivity index (χ2v) is 7.33. The Bertz CT molecular complexity index is 1040. The summed E-state index contributed by atoms with van der Waals surface area (Å²) in [5.74, 6) is -1.95. The summed E-state index contributed by atoms with van der Waals surface area (Å²) in [7, 11) is 1.63. The summed E-state index contributed by atoms with van der Waals surface area (Å²) in [5.41, 5.74) is 2.01.